The zero-order chi connectivity index (χ0) is 15.6. The Morgan fingerprint density at radius 2 is 1.55 bits per heavy atom. The third kappa shape index (κ3) is 19.2. The van der Waals surface area contributed by atoms with Crippen molar-refractivity contribution in [1.29, 1.82) is 0 Å². The van der Waals surface area contributed by atoms with Gasteiger partial charge in [0, 0.05) is 0 Å². The number of hydrogen-bond donors (Lipinski definition) is 0. The van der Waals surface area contributed by atoms with Crippen LogP contribution in [0.2, 0.25) is 0 Å². The minimum Gasteiger partial charge on any atom is -0.304 e. The molecule has 0 amide bonds. The van der Waals surface area contributed by atoms with Gasteiger partial charge in [0.2, 0.25) is 0 Å². The Morgan fingerprint density at radius 1 is 1.00 bits per heavy atom. The fourth-order valence-corrected chi connectivity index (χ4v) is 1.69. The molecule has 1 aromatic rings. The summed E-state index contributed by atoms with van der Waals surface area (Å²) in [6, 6.07) is 10.5. The summed E-state index contributed by atoms with van der Waals surface area (Å²) in [5, 5.41) is 0. The molecule has 0 aliphatic rings. The van der Waals surface area contributed by atoms with Crippen molar-refractivity contribution in [2.24, 2.45) is 5.92 Å². The lowest BCUT2D eigenvalue weighted by Gasteiger charge is -2.01. The molecular weight excluding hydrogens is 244 g/mol. The van der Waals surface area contributed by atoms with Gasteiger partial charge in [-0.25, -0.2) is 0 Å². The largest absolute Gasteiger partial charge is 0.304 e. The van der Waals surface area contributed by atoms with Crippen LogP contribution in [-0.2, 0) is 11.2 Å². The molecular formula is C19H34O. The Kier molecular flexibility index (Phi) is 19.0. The van der Waals surface area contributed by atoms with Crippen LogP contribution in [0.1, 0.15) is 72.3 Å². The van der Waals surface area contributed by atoms with Gasteiger partial charge in [0.15, 0.2) is 0 Å². The molecule has 0 aliphatic heterocycles. The molecule has 0 saturated carbocycles. The zero-order valence-electron chi connectivity index (χ0n) is 14.2. The van der Waals surface area contributed by atoms with E-state index in [1.165, 1.54) is 44.6 Å². The van der Waals surface area contributed by atoms with E-state index in [1.54, 1.807) is 0 Å². The van der Waals surface area contributed by atoms with Crippen LogP contribution in [0.3, 0.4) is 0 Å². The Balaban J connectivity index is 0. The molecule has 116 valence electrons. The molecule has 1 heteroatoms. The lowest BCUT2D eigenvalue weighted by Crippen LogP contribution is -1.86. The minimum absolute atomic E-state index is 0.750. The first-order valence-corrected chi connectivity index (χ1v) is 8.05. The summed E-state index contributed by atoms with van der Waals surface area (Å²) in [5.74, 6) is 0.904. The minimum atomic E-state index is 0.750. The molecule has 1 rings (SSSR count). The van der Waals surface area contributed by atoms with Crippen LogP contribution in [0.25, 0.3) is 0 Å². The highest BCUT2D eigenvalue weighted by atomic mass is 16.1. The predicted octanol–water partition coefficient (Wildman–Crippen LogP) is 6.07. The van der Waals surface area contributed by atoms with Gasteiger partial charge in [-0.3, -0.25) is 0 Å². The van der Waals surface area contributed by atoms with Crippen molar-refractivity contribution in [3.63, 3.8) is 0 Å². The first-order valence-electron chi connectivity index (χ1n) is 8.05. The van der Waals surface area contributed by atoms with E-state index < -0.39 is 0 Å². The second-order valence-electron chi connectivity index (χ2n) is 5.32. The van der Waals surface area contributed by atoms with Crippen LogP contribution in [0, 0.1) is 5.92 Å². The quantitative estimate of drug-likeness (QED) is 0.456. The molecule has 1 nitrogen and oxygen atoms in total. The summed E-state index contributed by atoms with van der Waals surface area (Å²) in [6.07, 6.45) is 8.96. The molecule has 0 saturated heterocycles. The molecule has 20 heavy (non-hydrogen) atoms. The second-order valence-corrected chi connectivity index (χ2v) is 5.32. The zero-order valence-corrected chi connectivity index (χ0v) is 14.2. The van der Waals surface area contributed by atoms with E-state index in [-0.39, 0.29) is 0 Å². The molecule has 0 spiro atoms. The Bertz CT molecular complexity index is 277. The molecule has 0 fully saturated rings. The smallest absolute Gasteiger partial charge is 0.116 e. The summed E-state index contributed by atoms with van der Waals surface area (Å²) in [4.78, 5) is 8.81. The van der Waals surface area contributed by atoms with Crippen molar-refractivity contribution >= 4 is 6.29 Å². The highest BCUT2D eigenvalue weighted by Gasteiger charge is 1.91. The highest BCUT2D eigenvalue weighted by Crippen LogP contribution is 2.08. The Morgan fingerprint density at radius 3 is 1.90 bits per heavy atom. The van der Waals surface area contributed by atoms with E-state index in [0.29, 0.717) is 0 Å². The van der Waals surface area contributed by atoms with Gasteiger partial charge >= 0.3 is 0 Å². The SMILES string of the molecule is CC=O.CCCCCCC(C)C.CCc1ccccc1. The molecule has 0 unspecified atom stereocenters. The van der Waals surface area contributed by atoms with Crippen molar-refractivity contribution in [1.82, 2.24) is 0 Å². The number of hydrogen-bond acceptors (Lipinski definition) is 1. The van der Waals surface area contributed by atoms with Crippen molar-refractivity contribution in [2.45, 2.75) is 73.1 Å². The van der Waals surface area contributed by atoms with Crippen molar-refractivity contribution < 1.29 is 4.79 Å². The van der Waals surface area contributed by atoms with Gasteiger partial charge in [-0.1, -0.05) is 90.1 Å². The first-order chi connectivity index (χ1) is 9.62. The topological polar surface area (TPSA) is 17.1 Å². The van der Waals surface area contributed by atoms with Crippen molar-refractivity contribution in [3.8, 4) is 0 Å². The maximum absolute atomic E-state index is 8.81. The predicted molar refractivity (Wildman–Crippen MR) is 91.2 cm³/mol. The monoisotopic (exact) mass is 278 g/mol. The van der Waals surface area contributed by atoms with E-state index in [9.17, 15) is 0 Å². The van der Waals surface area contributed by atoms with E-state index in [2.05, 4.69) is 52.0 Å². The average molecular weight is 278 g/mol. The number of benzene rings is 1. The average Bonchev–Trinajstić information content (AvgIpc) is 2.46. The molecule has 0 N–H and O–H groups in total. The maximum Gasteiger partial charge on any atom is 0.116 e. The lowest BCUT2D eigenvalue weighted by molar-refractivity contribution is -0.106. The maximum atomic E-state index is 8.81. The molecule has 0 atom stereocenters. The van der Waals surface area contributed by atoms with E-state index in [1.807, 2.05) is 6.07 Å². The third-order valence-corrected chi connectivity index (χ3v) is 2.89. The van der Waals surface area contributed by atoms with Crippen LogP contribution >= 0.6 is 0 Å². The van der Waals surface area contributed by atoms with E-state index in [0.717, 1.165) is 18.6 Å². The lowest BCUT2D eigenvalue weighted by atomic mass is 10.1. The van der Waals surface area contributed by atoms with E-state index in [4.69, 9.17) is 4.79 Å². The molecule has 0 heterocycles. The first kappa shape index (κ1) is 21.2. The van der Waals surface area contributed by atoms with Gasteiger partial charge in [-0.05, 0) is 24.8 Å². The van der Waals surface area contributed by atoms with Gasteiger partial charge in [-0.2, -0.15) is 0 Å². The molecule has 1 aromatic carbocycles. The number of aryl methyl sites for hydroxylation is 1. The van der Waals surface area contributed by atoms with Crippen molar-refractivity contribution in [3.05, 3.63) is 35.9 Å². The summed E-state index contributed by atoms with van der Waals surface area (Å²) < 4.78 is 0. The van der Waals surface area contributed by atoms with Crippen LogP contribution in [0.4, 0.5) is 0 Å². The Hall–Kier alpha value is -1.11. The van der Waals surface area contributed by atoms with E-state index >= 15 is 0 Å². The number of rotatable bonds is 6. The molecule has 0 bridgehead atoms. The molecule has 0 aromatic heterocycles. The summed E-state index contributed by atoms with van der Waals surface area (Å²) >= 11 is 0. The molecule has 0 aliphatic carbocycles. The van der Waals surface area contributed by atoms with Gasteiger partial charge in [0.1, 0.15) is 6.29 Å². The number of carbonyl (C=O) groups excluding carboxylic acids is 1. The van der Waals surface area contributed by atoms with Crippen LogP contribution in [-0.4, -0.2) is 6.29 Å². The number of carbonyl (C=O) groups is 1. The summed E-state index contributed by atoms with van der Waals surface area (Å²) in [7, 11) is 0. The van der Waals surface area contributed by atoms with Crippen LogP contribution in [0.5, 0.6) is 0 Å². The van der Waals surface area contributed by atoms with Gasteiger partial charge in [-0.15, -0.1) is 0 Å². The fraction of sp³-hybridized carbons (Fsp3) is 0.632. The summed E-state index contributed by atoms with van der Waals surface area (Å²) in [6.45, 7) is 10.5. The fourth-order valence-electron chi connectivity index (χ4n) is 1.69. The molecule has 0 radical (unpaired) electrons. The van der Waals surface area contributed by atoms with Crippen LogP contribution < -0.4 is 0 Å². The van der Waals surface area contributed by atoms with Gasteiger partial charge in [0.25, 0.3) is 0 Å². The highest BCUT2D eigenvalue weighted by molar-refractivity contribution is 5.44. The number of aldehydes is 1. The second kappa shape index (κ2) is 17.9. The van der Waals surface area contributed by atoms with Gasteiger partial charge < -0.3 is 4.79 Å². The Labute approximate surface area is 126 Å². The van der Waals surface area contributed by atoms with Crippen LogP contribution in [0.15, 0.2) is 30.3 Å². The number of unbranched alkanes of at least 4 members (excludes halogenated alkanes) is 3. The standard InChI is InChI=1S/C9H20.C8H10.C2H4O/c1-4-5-6-7-8-9(2)3;1-2-8-6-4-3-5-7-8;1-2-3/h9H,4-8H2,1-3H3;3-7H,2H2,1H3;2H,1H3. The summed E-state index contributed by atoms with van der Waals surface area (Å²) in [5.41, 5.74) is 1.41. The normalized spacial score (nSPS) is 9.10. The van der Waals surface area contributed by atoms with Crippen molar-refractivity contribution in [2.75, 3.05) is 0 Å². The third-order valence-electron chi connectivity index (χ3n) is 2.89. The van der Waals surface area contributed by atoms with Gasteiger partial charge in [0.05, 0.1) is 0 Å².